The van der Waals surface area contributed by atoms with Gasteiger partial charge in [-0.2, -0.15) is 0 Å². The molecule has 3 atom stereocenters. The molecule has 3 unspecified atom stereocenters. The van der Waals surface area contributed by atoms with Gasteiger partial charge >= 0.3 is 0 Å². The first-order chi connectivity index (χ1) is 29.0. The number of hydrogen-bond acceptors (Lipinski definition) is 4. The number of anilines is 7. The Kier molecular flexibility index (Phi) is 8.71. The number of hydrogen-bond donors (Lipinski definition) is 1. The number of thioether (sulfide) groups is 1. The molecule has 4 heteroatoms. The van der Waals surface area contributed by atoms with Crippen molar-refractivity contribution in [2.75, 3.05) is 15.1 Å². The van der Waals surface area contributed by atoms with Crippen molar-refractivity contribution in [3.8, 4) is 11.1 Å². The van der Waals surface area contributed by atoms with Crippen LogP contribution in [0.25, 0.3) is 11.1 Å². The Morgan fingerprint density at radius 3 is 1.75 bits per heavy atom. The van der Waals surface area contributed by atoms with Crippen molar-refractivity contribution >= 4 is 51.6 Å². The third-order valence-electron chi connectivity index (χ3n) is 12.6. The van der Waals surface area contributed by atoms with Gasteiger partial charge in [-0.25, -0.2) is 0 Å². The average Bonchev–Trinajstić information content (AvgIpc) is 3.98. The number of rotatable bonds is 8. The zero-order valence-corrected chi connectivity index (χ0v) is 34.1. The molecule has 0 radical (unpaired) electrons. The third-order valence-corrected chi connectivity index (χ3v) is 13.9. The minimum absolute atomic E-state index is 0.238. The zero-order valence-electron chi connectivity index (χ0n) is 33.3. The second-order valence-corrected chi connectivity index (χ2v) is 17.8. The van der Waals surface area contributed by atoms with Gasteiger partial charge < -0.3 is 15.1 Å². The summed E-state index contributed by atoms with van der Waals surface area (Å²) < 4.78 is 0. The van der Waals surface area contributed by atoms with Crippen molar-refractivity contribution < 1.29 is 0 Å². The molecule has 0 amide bonds. The SMILES string of the molecule is CC1(C)c2cc(C3CC3c3ccc(-c4ccc5c(c4)SC(c4ccccc4)N5)cc3)ccc2N(c2ccccc2)c2ccc(N(c3ccccc3)c3ccccc3)cc21. The predicted octanol–water partition coefficient (Wildman–Crippen LogP) is 15.4. The van der Waals surface area contributed by atoms with Crippen LogP contribution < -0.4 is 15.1 Å². The number of para-hydroxylation sites is 3. The summed E-state index contributed by atoms with van der Waals surface area (Å²) in [6.45, 7) is 4.82. The normalized spacial score (nSPS) is 18.3. The molecule has 1 saturated carbocycles. The van der Waals surface area contributed by atoms with E-state index in [-0.39, 0.29) is 10.8 Å². The highest BCUT2D eigenvalue weighted by Crippen LogP contribution is 2.58. The average molecular weight is 780 g/mol. The summed E-state index contributed by atoms with van der Waals surface area (Å²) in [5.41, 5.74) is 17.5. The highest BCUT2D eigenvalue weighted by molar-refractivity contribution is 8.00. The van der Waals surface area contributed by atoms with E-state index in [1.807, 2.05) is 11.8 Å². The smallest absolute Gasteiger partial charge is 0.103 e. The zero-order chi connectivity index (χ0) is 39.5. The van der Waals surface area contributed by atoms with E-state index < -0.39 is 0 Å². The van der Waals surface area contributed by atoms with Crippen LogP contribution in [0.1, 0.15) is 65.3 Å². The van der Waals surface area contributed by atoms with Gasteiger partial charge in [0.2, 0.25) is 0 Å². The quantitative estimate of drug-likeness (QED) is 0.165. The fourth-order valence-corrected chi connectivity index (χ4v) is 10.6. The van der Waals surface area contributed by atoms with E-state index in [0.29, 0.717) is 11.8 Å². The molecule has 0 aromatic heterocycles. The highest BCUT2D eigenvalue weighted by Gasteiger charge is 2.42. The minimum Gasteiger partial charge on any atom is -0.368 e. The molecule has 2 aliphatic heterocycles. The number of nitrogens with one attached hydrogen (secondary N) is 1. The summed E-state index contributed by atoms with van der Waals surface area (Å²) in [5, 5.41) is 3.95. The molecule has 0 spiro atoms. The first kappa shape index (κ1) is 35.7. The van der Waals surface area contributed by atoms with E-state index in [9.17, 15) is 0 Å². The van der Waals surface area contributed by atoms with Gasteiger partial charge in [0.15, 0.2) is 0 Å². The van der Waals surface area contributed by atoms with Crippen molar-refractivity contribution in [3.63, 3.8) is 0 Å². The van der Waals surface area contributed by atoms with Crippen molar-refractivity contribution in [1.82, 2.24) is 0 Å². The van der Waals surface area contributed by atoms with E-state index >= 15 is 0 Å². The second kappa shape index (κ2) is 14.4. The van der Waals surface area contributed by atoms with E-state index in [2.05, 4.69) is 229 Å². The highest BCUT2D eigenvalue weighted by atomic mass is 32.2. The van der Waals surface area contributed by atoms with Gasteiger partial charge in [0.25, 0.3) is 0 Å². The van der Waals surface area contributed by atoms with Gasteiger partial charge in [0.05, 0.1) is 11.4 Å². The Morgan fingerprint density at radius 2 is 1.07 bits per heavy atom. The van der Waals surface area contributed by atoms with Gasteiger partial charge in [-0.05, 0) is 130 Å². The van der Waals surface area contributed by atoms with Crippen LogP contribution in [0.3, 0.4) is 0 Å². The Labute approximate surface area is 352 Å². The number of benzene rings is 8. The molecule has 0 bridgehead atoms. The lowest BCUT2D eigenvalue weighted by atomic mass is 9.72. The van der Waals surface area contributed by atoms with Crippen LogP contribution in [0, 0.1) is 0 Å². The summed E-state index contributed by atoms with van der Waals surface area (Å²) in [6.07, 6.45) is 1.17. The molecule has 3 aliphatic rings. The van der Waals surface area contributed by atoms with Crippen LogP contribution >= 0.6 is 11.8 Å². The minimum atomic E-state index is -0.238. The van der Waals surface area contributed by atoms with Crippen LogP contribution in [0.15, 0.2) is 205 Å². The maximum atomic E-state index is 3.70. The number of fused-ring (bicyclic) bond motifs is 3. The molecule has 0 saturated heterocycles. The van der Waals surface area contributed by atoms with Crippen LogP contribution in [-0.4, -0.2) is 0 Å². The van der Waals surface area contributed by atoms with E-state index in [1.54, 1.807) is 0 Å². The van der Waals surface area contributed by atoms with Crippen molar-refractivity contribution in [2.24, 2.45) is 0 Å². The Hall–Kier alpha value is -6.49. The van der Waals surface area contributed by atoms with Gasteiger partial charge in [0, 0.05) is 38.7 Å². The van der Waals surface area contributed by atoms with Gasteiger partial charge in [-0.1, -0.05) is 153 Å². The second-order valence-electron chi connectivity index (χ2n) is 16.6. The summed E-state index contributed by atoms with van der Waals surface area (Å²) >= 11 is 1.90. The third kappa shape index (κ3) is 6.40. The Morgan fingerprint density at radius 1 is 0.508 bits per heavy atom. The summed E-state index contributed by atoms with van der Waals surface area (Å²) in [5.74, 6) is 1.03. The standard InChI is InChI=1S/C55H45N3S/c1-55(2)48-33-41(47-36-46(47)38-25-23-37(24-26-38)40-27-30-50-53(34-40)59-54(56-50)39-15-7-3-8-16-39)28-31-51(48)58(44-21-13-6-14-22-44)52-32-29-45(35-49(52)55)57(42-17-9-4-10-18-42)43-19-11-5-12-20-43/h3-35,46-47,54,56H,36H2,1-2H3. The summed E-state index contributed by atoms with van der Waals surface area (Å²) in [6, 6.07) is 73.6. The maximum Gasteiger partial charge on any atom is 0.103 e. The predicted molar refractivity (Wildman–Crippen MR) is 249 cm³/mol. The molecule has 1 aliphatic carbocycles. The maximum absolute atomic E-state index is 3.70. The molecule has 2 heterocycles. The Balaban J connectivity index is 0.900. The van der Waals surface area contributed by atoms with Gasteiger partial charge in [-0.3, -0.25) is 0 Å². The first-order valence-corrected chi connectivity index (χ1v) is 21.6. The van der Waals surface area contributed by atoms with Gasteiger partial charge in [-0.15, -0.1) is 0 Å². The van der Waals surface area contributed by atoms with Crippen molar-refractivity contribution in [1.29, 1.82) is 0 Å². The van der Waals surface area contributed by atoms with E-state index in [4.69, 9.17) is 0 Å². The lowest BCUT2D eigenvalue weighted by Gasteiger charge is -2.43. The molecule has 8 aromatic carbocycles. The lowest BCUT2D eigenvalue weighted by Crippen LogP contribution is -2.31. The summed E-state index contributed by atoms with van der Waals surface area (Å²) in [7, 11) is 0. The first-order valence-electron chi connectivity index (χ1n) is 20.8. The largest absolute Gasteiger partial charge is 0.368 e. The van der Waals surface area contributed by atoms with Crippen molar-refractivity contribution in [3.05, 3.63) is 228 Å². The Bertz CT molecular complexity index is 2750. The van der Waals surface area contributed by atoms with Crippen LogP contribution in [0.2, 0.25) is 0 Å². The van der Waals surface area contributed by atoms with Gasteiger partial charge in [0.1, 0.15) is 5.37 Å². The summed E-state index contributed by atoms with van der Waals surface area (Å²) in [4.78, 5) is 6.15. The molecule has 3 nitrogen and oxygen atoms in total. The van der Waals surface area contributed by atoms with E-state index in [0.717, 1.165) is 17.1 Å². The molecule has 1 N–H and O–H groups in total. The lowest BCUT2D eigenvalue weighted by molar-refractivity contribution is 0.630. The van der Waals surface area contributed by atoms with Crippen LogP contribution in [0.5, 0.6) is 0 Å². The van der Waals surface area contributed by atoms with Crippen LogP contribution in [-0.2, 0) is 5.41 Å². The topological polar surface area (TPSA) is 18.5 Å². The molecule has 11 rings (SSSR count). The van der Waals surface area contributed by atoms with E-state index in [1.165, 1.54) is 73.0 Å². The molecule has 8 aromatic rings. The number of nitrogens with zero attached hydrogens (tertiary/aromatic N) is 2. The molecule has 59 heavy (non-hydrogen) atoms. The van der Waals surface area contributed by atoms with Crippen molar-refractivity contribution in [2.45, 2.75) is 47.8 Å². The monoisotopic (exact) mass is 779 g/mol. The van der Waals surface area contributed by atoms with Crippen LogP contribution in [0.4, 0.5) is 39.8 Å². The fraction of sp³-hybridized carbons (Fsp3) is 0.127. The fourth-order valence-electron chi connectivity index (χ4n) is 9.42. The molecule has 1 fully saturated rings. The molecular weight excluding hydrogens is 735 g/mol. The molecule has 286 valence electrons. The molecular formula is C55H45N3S.